The van der Waals surface area contributed by atoms with Crippen LogP contribution in [0.2, 0.25) is 0 Å². The Kier molecular flexibility index (Phi) is 3.83. The standard InChI is InChI=1S/C26H19Cl2NO2/c1-2-15-11-13-16(14-12-15)29-23(30)21-22(24(29)31)26(28)18-8-4-3-7-17(18)25(21,27)19-9-5-6-10-20(19)26/h3-14,21-22H,2H2,1H3/t21-,22+,25?,26?. The first-order valence-corrected chi connectivity index (χ1v) is 11.2. The Morgan fingerprint density at radius 1 is 0.710 bits per heavy atom. The number of halogens is 2. The lowest BCUT2D eigenvalue weighted by molar-refractivity contribution is -0.122. The lowest BCUT2D eigenvalue weighted by Gasteiger charge is -2.54. The van der Waals surface area contributed by atoms with E-state index in [2.05, 4.69) is 6.92 Å². The number of hydrogen-bond acceptors (Lipinski definition) is 2. The zero-order chi connectivity index (χ0) is 21.5. The van der Waals surface area contributed by atoms with Gasteiger partial charge in [0.05, 0.1) is 17.5 Å². The Labute approximate surface area is 190 Å². The summed E-state index contributed by atoms with van der Waals surface area (Å²) < 4.78 is 0. The Hall–Kier alpha value is -2.62. The van der Waals surface area contributed by atoms with E-state index in [1.807, 2.05) is 72.8 Å². The molecule has 154 valence electrons. The average Bonchev–Trinajstić information content (AvgIpc) is 3.08. The molecular weight excluding hydrogens is 429 g/mol. The summed E-state index contributed by atoms with van der Waals surface area (Å²) in [5.74, 6) is -2.11. The van der Waals surface area contributed by atoms with Crippen molar-refractivity contribution in [2.24, 2.45) is 11.8 Å². The molecule has 3 aliphatic carbocycles. The fourth-order valence-electron chi connectivity index (χ4n) is 5.80. The summed E-state index contributed by atoms with van der Waals surface area (Å²) in [5, 5.41) is 0. The summed E-state index contributed by atoms with van der Waals surface area (Å²) >= 11 is 14.8. The molecule has 0 unspecified atom stereocenters. The Balaban J connectivity index is 1.62. The van der Waals surface area contributed by atoms with Crippen molar-refractivity contribution in [3.63, 3.8) is 0 Å². The topological polar surface area (TPSA) is 37.4 Å². The van der Waals surface area contributed by atoms with E-state index in [9.17, 15) is 9.59 Å². The largest absolute Gasteiger partial charge is 0.274 e. The molecule has 0 spiro atoms. The van der Waals surface area contributed by atoms with E-state index in [1.54, 1.807) is 0 Å². The summed E-state index contributed by atoms with van der Waals surface area (Å²) in [7, 11) is 0. The molecule has 7 rings (SSSR count). The molecule has 31 heavy (non-hydrogen) atoms. The van der Waals surface area contributed by atoms with E-state index < -0.39 is 21.6 Å². The number of rotatable bonds is 2. The molecule has 1 fully saturated rings. The van der Waals surface area contributed by atoms with Crippen LogP contribution in [0.25, 0.3) is 0 Å². The molecule has 2 atom stereocenters. The quantitative estimate of drug-likeness (QED) is 0.392. The van der Waals surface area contributed by atoms with Crippen LogP contribution in [-0.4, -0.2) is 11.8 Å². The lowest BCUT2D eigenvalue weighted by atomic mass is 9.54. The van der Waals surface area contributed by atoms with Crippen LogP contribution in [0.4, 0.5) is 5.69 Å². The van der Waals surface area contributed by atoms with Gasteiger partial charge in [0, 0.05) is 0 Å². The predicted molar refractivity (Wildman–Crippen MR) is 121 cm³/mol. The van der Waals surface area contributed by atoms with Crippen LogP contribution >= 0.6 is 23.2 Å². The number of alkyl halides is 2. The highest BCUT2D eigenvalue weighted by Crippen LogP contribution is 2.69. The molecule has 0 aromatic heterocycles. The number of benzene rings is 3. The maximum absolute atomic E-state index is 13.8. The number of anilines is 1. The molecule has 0 N–H and O–H groups in total. The Morgan fingerprint density at radius 2 is 1.10 bits per heavy atom. The van der Waals surface area contributed by atoms with Crippen molar-refractivity contribution < 1.29 is 9.59 Å². The molecular formula is C26H19Cl2NO2. The summed E-state index contributed by atoms with van der Waals surface area (Å²) in [5.41, 5.74) is 4.97. The molecule has 1 heterocycles. The fraction of sp³-hybridized carbons (Fsp3) is 0.231. The van der Waals surface area contributed by atoms with Gasteiger partial charge in [-0.15, -0.1) is 23.2 Å². The van der Waals surface area contributed by atoms with Crippen LogP contribution < -0.4 is 4.90 Å². The molecule has 2 amide bonds. The van der Waals surface area contributed by atoms with Crippen molar-refractivity contribution in [2.75, 3.05) is 4.90 Å². The zero-order valence-corrected chi connectivity index (χ0v) is 18.3. The molecule has 0 saturated carbocycles. The van der Waals surface area contributed by atoms with Gasteiger partial charge in [-0.25, -0.2) is 4.90 Å². The minimum atomic E-state index is -1.14. The smallest absolute Gasteiger partial charge is 0.240 e. The van der Waals surface area contributed by atoms with Crippen molar-refractivity contribution in [3.8, 4) is 0 Å². The van der Waals surface area contributed by atoms with Gasteiger partial charge < -0.3 is 0 Å². The van der Waals surface area contributed by atoms with Gasteiger partial charge in [-0.2, -0.15) is 0 Å². The monoisotopic (exact) mass is 447 g/mol. The van der Waals surface area contributed by atoms with E-state index in [0.717, 1.165) is 34.2 Å². The lowest BCUT2D eigenvalue weighted by Crippen LogP contribution is -2.57. The minimum Gasteiger partial charge on any atom is -0.274 e. The van der Waals surface area contributed by atoms with Gasteiger partial charge in [0.15, 0.2) is 0 Å². The first-order chi connectivity index (χ1) is 14.9. The first kappa shape index (κ1) is 19.1. The van der Waals surface area contributed by atoms with Crippen molar-refractivity contribution in [1.29, 1.82) is 0 Å². The SMILES string of the molecule is CCc1ccc(N2C(=O)[C@@H]3[C@H](C2=O)C2(Cl)c4ccccc4C3(Cl)c3ccccc32)cc1. The van der Waals surface area contributed by atoms with Crippen molar-refractivity contribution in [1.82, 2.24) is 0 Å². The summed E-state index contributed by atoms with van der Waals surface area (Å²) in [6.45, 7) is 2.07. The molecule has 1 saturated heterocycles. The maximum Gasteiger partial charge on any atom is 0.240 e. The highest BCUT2D eigenvalue weighted by Gasteiger charge is 2.73. The number of amides is 2. The highest BCUT2D eigenvalue weighted by atomic mass is 35.5. The molecule has 4 aliphatic rings. The van der Waals surface area contributed by atoms with E-state index in [-0.39, 0.29) is 11.8 Å². The Morgan fingerprint density at radius 3 is 1.45 bits per heavy atom. The number of imide groups is 1. The molecule has 2 bridgehead atoms. The summed E-state index contributed by atoms with van der Waals surface area (Å²) in [4.78, 5) is 26.7. The van der Waals surface area contributed by atoms with Crippen LogP contribution in [0.5, 0.6) is 0 Å². The van der Waals surface area contributed by atoms with Crippen molar-refractivity contribution in [3.05, 3.63) is 101 Å². The third-order valence-corrected chi connectivity index (χ3v) is 8.47. The second kappa shape index (κ2) is 6.21. The first-order valence-electron chi connectivity index (χ1n) is 10.5. The third-order valence-electron chi connectivity index (χ3n) is 7.19. The average molecular weight is 448 g/mol. The number of aryl methyl sites for hydroxylation is 1. The van der Waals surface area contributed by atoms with E-state index >= 15 is 0 Å². The van der Waals surface area contributed by atoms with Gasteiger partial charge in [0.1, 0.15) is 9.75 Å². The van der Waals surface area contributed by atoms with E-state index in [1.165, 1.54) is 4.90 Å². The zero-order valence-electron chi connectivity index (χ0n) is 16.8. The molecule has 3 aromatic rings. The van der Waals surface area contributed by atoms with Crippen LogP contribution in [0.15, 0.2) is 72.8 Å². The van der Waals surface area contributed by atoms with Gasteiger partial charge in [0.25, 0.3) is 0 Å². The third kappa shape index (κ3) is 2.11. The summed E-state index contributed by atoms with van der Waals surface area (Å²) in [6.07, 6.45) is 0.883. The second-order valence-corrected chi connectivity index (χ2v) is 9.69. The number of hydrogen-bond donors (Lipinski definition) is 0. The van der Waals surface area contributed by atoms with Gasteiger partial charge in [0.2, 0.25) is 11.8 Å². The van der Waals surface area contributed by atoms with E-state index in [0.29, 0.717) is 5.69 Å². The molecule has 5 heteroatoms. The van der Waals surface area contributed by atoms with Crippen molar-refractivity contribution >= 4 is 40.7 Å². The van der Waals surface area contributed by atoms with Gasteiger partial charge in [-0.3, -0.25) is 9.59 Å². The summed E-state index contributed by atoms with van der Waals surface area (Å²) in [6, 6.07) is 22.9. The van der Waals surface area contributed by atoms with Gasteiger partial charge in [-0.1, -0.05) is 67.6 Å². The number of carbonyl (C=O) groups is 2. The van der Waals surface area contributed by atoms with Crippen molar-refractivity contribution in [2.45, 2.75) is 23.1 Å². The van der Waals surface area contributed by atoms with Crippen LogP contribution in [0.3, 0.4) is 0 Å². The highest BCUT2D eigenvalue weighted by molar-refractivity contribution is 6.38. The van der Waals surface area contributed by atoms with Crippen LogP contribution in [-0.2, 0) is 25.8 Å². The van der Waals surface area contributed by atoms with Crippen LogP contribution in [0, 0.1) is 11.8 Å². The minimum absolute atomic E-state index is 0.289. The molecule has 0 radical (unpaired) electrons. The maximum atomic E-state index is 13.8. The number of carbonyl (C=O) groups excluding carboxylic acids is 2. The number of nitrogens with zero attached hydrogens (tertiary/aromatic N) is 1. The molecule has 1 aliphatic heterocycles. The van der Waals surface area contributed by atoms with Crippen LogP contribution in [0.1, 0.15) is 34.7 Å². The normalized spacial score (nSPS) is 30.2. The van der Waals surface area contributed by atoms with Gasteiger partial charge >= 0.3 is 0 Å². The Bertz CT molecular complexity index is 1140. The fourth-order valence-corrected chi connectivity index (χ4v) is 6.90. The molecule has 3 nitrogen and oxygen atoms in total. The second-order valence-electron chi connectivity index (χ2n) is 8.50. The molecule has 3 aromatic carbocycles. The van der Waals surface area contributed by atoms with E-state index in [4.69, 9.17) is 23.2 Å². The van der Waals surface area contributed by atoms with Gasteiger partial charge in [-0.05, 0) is 46.4 Å². The predicted octanol–water partition coefficient (Wildman–Crippen LogP) is 5.35.